The maximum atomic E-state index is 11.8. The molecule has 0 radical (unpaired) electrons. The van der Waals surface area contributed by atoms with Gasteiger partial charge in [-0.15, -0.1) is 5.10 Å². The van der Waals surface area contributed by atoms with Gasteiger partial charge in [0.1, 0.15) is 12.6 Å². The quantitative estimate of drug-likeness (QED) is 0.680. The van der Waals surface area contributed by atoms with Crippen LogP contribution in [0.25, 0.3) is 0 Å². The third-order valence-electron chi connectivity index (χ3n) is 2.70. The van der Waals surface area contributed by atoms with Crippen molar-refractivity contribution < 1.29 is 14.7 Å². The van der Waals surface area contributed by atoms with Gasteiger partial charge < -0.3 is 16.2 Å². The molecule has 0 aliphatic carbocycles. The molecule has 8 nitrogen and oxygen atoms in total. The van der Waals surface area contributed by atoms with E-state index in [-0.39, 0.29) is 18.9 Å². The van der Waals surface area contributed by atoms with Crippen LogP contribution in [-0.4, -0.2) is 38.0 Å². The van der Waals surface area contributed by atoms with Crippen molar-refractivity contribution in [3.8, 4) is 0 Å². The largest absolute Gasteiger partial charge is 0.480 e. The highest BCUT2D eigenvalue weighted by molar-refractivity contribution is 5.90. The van der Waals surface area contributed by atoms with E-state index in [0.717, 1.165) is 0 Å². The highest BCUT2D eigenvalue weighted by atomic mass is 16.4. The molecule has 8 heteroatoms. The van der Waals surface area contributed by atoms with Gasteiger partial charge in [-0.05, 0) is 12.1 Å². The lowest BCUT2D eigenvalue weighted by Gasteiger charge is -2.04. The van der Waals surface area contributed by atoms with E-state index in [0.29, 0.717) is 11.4 Å². The number of nitrogens with zero attached hydrogens (tertiary/aromatic N) is 3. The molecule has 0 aliphatic heterocycles. The first-order valence-electron chi connectivity index (χ1n) is 6.27. The number of para-hydroxylation sites is 1. The van der Waals surface area contributed by atoms with Crippen LogP contribution in [0.5, 0.6) is 0 Å². The third kappa shape index (κ3) is 4.39. The minimum atomic E-state index is -1.11. The summed E-state index contributed by atoms with van der Waals surface area (Å²) >= 11 is 0. The minimum absolute atomic E-state index is 0.00972. The Morgan fingerprint density at radius 1 is 1.33 bits per heavy atom. The Balaban J connectivity index is 1.90. The molecule has 21 heavy (non-hydrogen) atoms. The average Bonchev–Trinajstić information content (AvgIpc) is 2.86. The average molecular weight is 289 g/mol. The van der Waals surface area contributed by atoms with Crippen LogP contribution in [-0.2, 0) is 22.6 Å². The molecule has 1 atom stereocenters. The molecule has 1 unspecified atom stereocenters. The van der Waals surface area contributed by atoms with Crippen LogP contribution in [0, 0.1) is 0 Å². The number of aliphatic carboxylic acids is 1. The fraction of sp³-hybridized carbons (Fsp3) is 0.231. The van der Waals surface area contributed by atoms with Crippen molar-refractivity contribution in [3.05, 3.63) is 42.2 Å². The Kier molecular flexibility index (Phi) is 4.62. The Hall–Kier alpha value is -2.74. The Morgan fingerprint density at radius 3 is 2.71 bits per heavy atom. The summed E-state index contributed by atoms with van der Waals surface area (Å²) in [6.45, 7) is -0.00972. The van der Waals surface area contributed by atoms with Gasteiger partial charge in [0.2, 0.25) is 5.91 Å². The summed E-state index contributed by atoms with van der Waals surface area (Å²) < 4.78 is 1.34. The highest BCUT2D eigenvalue weighted by Gasteiger charge is 2.15. The molecule has 1 aromatic heterocycles. The van der Waals surface area contributed by atoms with Gasteiger partial charge in [-0.3, -0.25) is 9.59 Å². The number of nitrogens with two attached hydrogens (primary N) is 1. The van der Waals surface area contributed by atoms with Gasteiger partial charge in [-0.25, -0.2) is 4.68 Å². The van der Waals surface area contributed by atoms with E-state index in [2.05, 4.69) is 15.6 Å². The van der Waals surface area contributed by atoms with E-state index >= 15 is 0 Å². The SMILES string of the molecule is NC(Cc1cn(CC(=O)Nc2ccccc2)nn1)C(=O)O. The van der Waals surface area contributed by atoms with Crippen LogP contribution in [0.2, 0.25) is 0 Å². The number of carbonyl (C=O) groups excluding carboxylic acids is 1. The molecule has 0 fully saturated rings. The molecular weight excluding hydrogens is 274 g/mol. The molecule has 0 aliphatic rings. The van der Waals surface area contributed by atoms with Crippen LogP contribution in [0.15, 0.2) is 36.5 Å². The van der Waals surface area contributed by atoms with Gasteiger partial charge in [-0.2, -0.15) is 0 Å². The number of hydrogen-bond donors (Lipinski definition) is 3. The van der Waals surface area contributed by atoms with Crippen LogP contribution in [0.1, 0.15) is 5.69 Å². The molecule has 0 bridgehead atoms. The standard InChI is InChI=1S/C13H15N5O3/c14-11(13(20)21)6-10-7-18(17-16-10)8-12(19)15-9-4-2-1-3-5-9/h1-5,7,11H,6,8,14H2,(H,15,19)(H,20,21). The minimum Gasteiger partial charge on any atom is -0.480 e. The normalized spacial score (nSPS) is 11.9. The van der Waals surface area contributed by atoms with Gasteiger partial charge in [-0.1, -0.05) is 23.4 Å². The van der Waals surface area contributed by atoms with E-state index in [1.54, 1.807) is 12.1 Å². The summed E-state index contributed by atoms with van der Waals surface area (Å²) in [4.78, 5) is 22.5. The van der Waals surface area contributed by atoms with E-state index in [4.69, 9.17) is 10.8 Å². The molecule has 4 N–H and O–H groups in total. The molecule has 1 heterocycles. The lowest BCUT2D eigenvalue weighted by Crippen LogP contribution is -2.32. The van der Waals surface area contributed by atoms with Crippen molar-refractivity contribution >= 4 is 17.6 Å². The van der Waals surface area contributed by atoms with E-state index in [1.165, 1.54) is 10.9 Å². The topological polar surface area (TPSA) is 123 Å². The second kappa shape index (κ2) is 6.62. The fourth-order valence-electron chi connectivity index (χ4n) is 1.69. The fourth-order valence-corrected chi connectivity index (χ4v) is 1.69. The smallest absolute Gasteiger partial charge is 0.320 e. The van der Waals surface area contributed by atoms with Crippen molar-refractivity contribution in [1.82, 2.24) is 15.0 Å². The summed E-state index contributed by atoms with van der Waals surface area (Å²) in [5.74, 6) is -1.36. The molecule has 1 aromatic carbocycles. The molecular formula is C13H15N5O3. The number of carboxylic acid groups (broad SMARTS) is 1. The van der Waals surface area contributed by atoms with Crippen LogP contribution in [0.3, 0.4) is 0 Å². The van der Waals surface area contributed by atoms with Gasteiger partial charge in [0.15, 0.2) is 0 Å². The first kappa shape index (κ1) is 14.7. The molecule has 110 valence electrons. The summed E-state index contributed by atoms with van der Waals surface area (Å²) in [6.07, 6.45) is 1.57. The molecule has 2 rings (SSSR count). The maximum absolute atomic E-state index is 11.8. The van der Waals surface area contributed by atoms with Gasteiger partial charge in [0.25, 0.3) is 0 Å². The second-order valence-electron chi connectivity index (χ2n) is 4.47. The number of nitrogens with one attached hydrogen (secondary N) is 1. The van der Waals surface area contributed by atoms with Gasteiger partial charge >= 0.3 is 5.97 Å². The van der Waals surface area contributed by atoms with E-state index in [9.17, 15) is 9.59 Å². The number of benzene rings is 1. The van der Waals surface area contributed by atoms with E-state index in [1.807, 2.05) is 18.2 Å². The first-order chi connectivity index (χ1) is 10.0. The van der Waals surface area contributed by atoms with Crippen molar-refractivity contribution in [2.75, 3.05) is 5.32 Å². The first-order valence-corrected chi connectivity index (χ1v) is 6.27. The zero-order valence-electron chi connectivity index (χ0n) is 11.1. The van der Waals surface area contributed by atoms with Crippen molar-refractivity contribution in [3.63, 3.8) is 0 Å². The lowest BCUT2D eigenvalue weighted by atomic mass is 10.2. The number of anilines is 1. The number of carbonyl (C=O) groups is 2. The predicted molar refractivity (Wildman–Crippen MR) is 74.4 cm³/mol. The molecule has 2 aromatic rings. The van der Waals surface area contributed by atoms with Crippen molar-refractivity contribution in [2.45, 2.75) is 19.0 Å². The maximum Gasteiger partial charge on any atom is 0.320 e. The zero-order valence-corrected chi connectivity index (χ0v) is 11.1. The van der Waals surface area contributed by atoms with Gasteiger partial charge in [0, 0.05) is 18.3 Å². The number of carboxylic acids is 1. The Morgan fingerprint density at radius 2 is 2.05 bits per heavy atom. The third-order valence-corrected chi connectivity index (χ3v) is 2.70. The number of amides is 1. The number of rotatable bonds is 6. The molecule has 0 spiro atoms. The summed E-state index contributed by atoms with van der Waals surface area (Å²) in [5, 5.41) is 19.0. The predicted octanol–water partition coefficient (Wildman–Crippen LogP) is -0.129. The van der Waals surface area contributed by atoms with Crippen LogP contribution < -0.4 is 11.1 Å². The van der Waals surface area contributed by atoms with Crippen LogP contribution >= 0.6 is 0 Å². The molecule has 0 saturated heterocycles. The van der Waals surface area contributed by atoms with E-state index < -0.39 is 12.0 Å². The summed E-state index contributed by atoms with van der Waals surface area (Å²) in [5.41, 5.74) is 6.52. The monoisotopic (exact) mass is 289 g/mol. The number of hydrogen-bond acceptors (Lipinski definition) is 5. The summed E-state index contributed by atoms with van der Waals surface area (Å²) in [6, 6.07) is 8.00. The van der Waals surface area contributed by atoms with Crippen LogP contribution in [0.4, 0.5) is 5.69 Å². The Bertz CT molecular complexity index is 626. The van der Waals surface area contributed by atoms with Gasteiger partial charge in [0.05, 0.1) is 5.69 Å². The Labute approximate surface area is 120 Å². The lowest BCUT2D eigenvalue weighted by molar-refractivity contribution is -0.138. The number of aromatic nitrogens is 3. The molecule has 1 amide bonds. The van der Waals surface area contributed by atoms with Crippen molar-refractivity contribution in [1.29, 1.82) is 0 Å². The summed E-state index contributed by atoms with van der Waals surface area (Å²) in [7, 11) is 0. The second-order valence-corrected chi connectivity index (χ2v) is 4.47. The zero-order chi connectivity index (χ0) is 15.2. The highest BCUT2D eigenvalue weighted by Crippen LogP contribution is 2.05. The van der Waals surface area contributed by atoms with Crippen molar-refractivity contribution in [2.24, 2.45) is 5.73 Å². The molecule has 0 saturated carbocycles.